The first-order valence-electron chi connectivity index (χ1n) is 37.0. The van der Waals surface area contributed by atoms with Gasteiger partial charge < -0.3 is 129 Å². The van der Waals surface area contributed by atoms with Crippen LogP contribution in [0.2, 0.25) is 0 Å². The summed E-state index contributed by atoms with van der Waals surface area (Å²) in [6, 6.07) is 2.59. The molecule has 112 heavy (non-hydrogen) atoms. The number of nitrogens with one attached hydrogen (secondary N) is 10. The molecular formula is C72H110N12O27S. The van der Waals surface area contributed by atoms with E-state index < -0.39 is 251 Å². The number of aliphatic hydroxyl groups is 10. The lowest BCUT2D eigenvalue weighted by atomic mass is 9.90. The zero-order valence-corrected chi connectivity index (χ0v) is 63.6. The fraction of sp³-hybridized carbons (Fsp3) is 0.639. The highest BCUT2D eigenvalue weighted by atomic mass is 32.1. The van der Waals surface area contributed by atoms with Crippen LogP contribution < -0.4 is 63.0 Å². The van der Waals surface area contributed by atoms with Crippen LogP contribution in [0.5, 0.6) is 0 Å². The SMILES string of the molecule is CC(C)(C)C(=O)CN1C(=O)[C@H](NC(=O)Nc2cccc(C(=O)NCCCCCCCC(=O)N[C@@H](CCC(=O)O)C(=O)N[C@@H](CCC(=O)NC[C@H](O)[C@@H](O)[C@H](O)[C@H](O)CO)C(=O)N[C@@H](CCC(=O)O)C(=O)N[C@@H](CCC(=O)NC[C@H](O)[C@@H](O)[C@H](O)[C@H](O)CO)C(=O)N[C@@H](CS)C(=O)O)c2)CN(C2CCCCC2)c2ccccc21. The number of aliphatic hydroxyl groups excluding tert-OH is 10. The van der Waals surface area contributed by atoms with Gasteiger partial charge in [-0.1, -0.05) is 77.5 Å². The fourth-order valence-corrected chi connectivity index (χ4v) is 12.2. The number of benzene rings is 2. The first kappa shape index (κ1) is 95.1. The molecule has 0 spiro atoms. The van der Waals surface area contributed by atoms with E-state index in [0.717, 1.165) is 37.8 Å². The third-order valence-electron chi connectivity index (χ3n) is 18.8. The number of ketones is 1. The number of carbonyl (C=O) groups is 14. The summed E-state index contributed by atoms with van der Waals surface area (Å²) in [6.07, 6.45) is -15.3. The van der Waals surface area contributed by atoms with Crippen molar-refractivity contribution in [1.82, 2.24) is 47.9 Å². The van der Waals surface area contributed by atoms with Crippen molar-refractivity contribution in [3.8, 4) is 0 Å². The minimum absolute atomic E-state index is 0.0966. The Morgan fingerprint density at radius 3 is 1.45 bits per heavy atom. The van der Waals surface area contributed by atoms with Gasteiger partial charge in [-0.2, -0.15) is 12.6 Å². The molecule has 626 valence electrons. The van der Waals surface area contributed by atoms with E-state index in [0.29, 0.717) is 31.4 Å². The number of unbranched alkanes of at least 4 members (excludes halogenated alkanes) is 4. The van der Waals surface area contributed by atoms with Gasteiger partial charge in [0.15, 0.2) is 5.78 Å². The van der Waals surface area contributed by atoms with Crippen molar-refractivity contribution in [2.45, 2.75) is 234 Å². The van der Waals surface area contributed by atoms with Crippen LogP contribution in [0.15, 0.2) is 48.5 Å². The third-order valence-corrected chi connectivity index (χ3v) is 19.1. The normalized spacial score (nSPS) is 17.3. The number of fused-ring (bicyclic) bond motifs is 1. The Balaban J connectivity index is 1.43. The minimum atomic E-state index is -2.13. The Morgan fingerprint density at radius 2 is 0.973 bits per heavy atom. The van der Waals surface area contributed by atoms with E-state index in [1.807, 2.05) is 18.2 Å². The van der Waals surface area contributed by atoms with Crippen molar-refractivity contribution >= 4 is 113 Å². The molecule has 1 aliphatic carbocycles. The van der Waals surface area contributed by atoms with E-state index >= 15 is 0 Å². The van der Waals surface area contributed by atoms with Crippen LogP contribution >= 0.6 is 12.6 Å². The third kappa shape index (κ3) is 32.1. The second-order valence-corrected chi connectivity index (χ2v) is 28.9. The molecule has 23 N–H and O–H groups in total. The van der Waals surface area contributed by atoms with Gasteiger partial charge in [0.05, 0.1) is 43.3 Å². The lowest BCUT2D eigenvalue weighted by molar-refractivity contribution is -0.142. The van der Waals surface area contributed by atoms with E-state index in [-0.39, 0.29) is 55.6 Å². The average molecular weight is 1610 g/mol. The van der Waals surface area contributed by atoms with E-state index in [1.54, 1.807) is 45.0 Å². The van der Waals surface area contributed by atoms with Crippen LogP contribution in [-0.4, -0.2) is 292 Å². The molecule has 4 rings (SSSR count). The van der Waals surface area contributed by atoms with Crippen molar-refractivity contribution in [3.63, 3.8) is 0 Å². The molecule has 0 bridgehead atoms. The number of carboxylic acid groups (broad SMARTS) is 3. The number of aliphatic carboxylic acids is 3. The van der Waals surface area contributed by atoms with Gasteiger partial charge in [-0.3, -0.25) is 57.5 Å². The Labute approximate surface area is 651 Å². The molecule has 0 saturated heterocycles. The summed E-state index contributed by atoms with van der Waals surface area (Å²) >= 11 is 3.90. The highest BCUT2D eigenvalue weighted by Crippen LogP contribution is 2.38. The molecule has 1 heterocycles. The molecule has 2 aliphatic rings. The highest BCUT2D eigenvalue weighted by Gasteiger charge is 2.41. The Bertz CT molecular complexity index is 3490. The van der Waals surface area contributed by atoms with E-state index in [1.165, 1.54) is 11.0 Å². The lowest BCUT2D eigenvalue weighted by Crippen LogP contribution is -2.59. The number of nitrogens with zero attached hydrogens (tertiary/aromatic N) is 2. The van der Waals surface area contributed by atoms with Gasteiger partial charge in [0.25, 0.3) is 11.8 Å². The van der Waals surface area contributed by atoms with Crippen LogP contribution in [-0.2, 0) is 57.5 Å². The van der Waals surface area contributed by atoms with Crippen molar-refractivity contribution in [2.24, 2.45) is 5.41 Å². The number of thiol groups is 1. The van der Waals surface area contributed by atoms with Crippen LogP contribution in [0.3, 0.4) is 0 Å². The summed E-state index contributed by atoms with van der Waals surface area (Å²) in [7, 11) is 0. The molecule has 11 amide bonds. The summed E-state index contributed by atoms with van der Waals surface area (Å²) < 4.78 is 0. The molecule has 2 aromatic rings. The molecule has 39 nitrogen and oxygen atoms in total. The standard InChI is InChI=1S/C72H110N12O27S/c1-72(2,3)54(91)35-84-49-20-12-11-19-48(49)83(41-17-8-7-9-18-41)34-46(69(84)108)82-71(111)76-40-16-14-15-39(31-40)64(103)73-30-13-6-4-5-10-21-57(94)77-42(24-28-58(95)96)65(104)78-43(22-26-55(92)74-32-50(87)60(99)62(101)52(89)36-85)66(105)80-45(25-29-59(97)98)67(106)79-44(68(107)81-47(38-112)70(109)110)23-27-56(93)75-33-51(88)61(100)63(102)53(90)37-86/h11-12,14-16,19-20,31,41-47,50-53,60-63,85-90,99-102,112H,4-10,13,17-18,21-30,32-38H2,1-3H3,(H,73,103)(H,74,92)(H,75,93)(H,77,94)(H,78,104)(H,79,106)(H,80,105)(H,81,107)(H,95,96)(H,97,98)(H,109,110)(H2,76,82,111)/t42-,43-,44-,45-,46+,47-,50-,51-,52+,53+,60+,61+,62+,63+/m0/s1. The highest BCUT2D eigenvalue weighted by molar-refractivity contribution is 7.80. The molecule has 2 aromatic carbocycles. The molecule has 14 atom stereocenters. The van der Waals surface area contributed by atoms with Gasteiger partial charge in [-0.25, -0.2) is 9.59 Å². The van der Waals surface area contributed by atoms with Crippen LogP contribution in [0, 0.1) is 5.41 Å². The number of anilines is 3. The summed E-state index contributed by atoms with van der Waals surface area (Å²) in [5.41, 5.74) is 1.09. The van der Waals surface area contributed by atoms with Crippen LogP contribution in [0.25, 0.3) is 0 Å². The largest absolute Gasteiger partial charge is 0.481 e. The Hall–Kier alpha value is -9.23. The minimum Gasteiger partial charge on any atom is -0.481 e. The van der Waals surface area contributed by atoms with E-state index in [4.69, 9.17) is 10.2 Å². The number of hydrogen-bond acceptors (Lipinski definition) is 26. The number of carboxylic acids is 3. The summed E-state index contributed by atoms with van der Waals surface area (Å²) in [5.74, 6) is -14.2. The van der Waals surface area contributed by atoms with E-state index in [2.05, 4.69) is 70.7 Å². The zero-order valence-electron chi connectivity index (χ0n) is 62.7. The average Bonchev–Trinajstić information content (AvgIpc) is 1.62. The number of Topliss-reactive ketones (excluding diaryl/α,β-unsaturated/α-hetero) is 1. The monoisotopic (exact) mass is 1610 g/mol. The van der Waals surface area contributed by atoms with E-state index in [9.17, 15) is 123 Å². The van der Waals surface area contributed by atoms with Crippen LogP contribution in [0.1, 0.15) is 153 Å². The first-order valence-corrected chi connectivity index (χ1v) is 37.7. The first-order chi connectivity index (χ1) is 52.9. The van der Waals surface area contributed by atoms with Crippen LogP contribution in [0.4, 0.5) is 21.9 Å². The molecule has 40 heteroatoms. The van der Waals surface area contributed by atoms with Gasteiger partial charge in [0.2, 0.25) is 41.4 Å². The van der Waals surface area contributed by atoms with Gasteiger partial charge in [-0.15, -0.1) is 0 Å². The second-order valence-electron chi connectivity index (χ2n) is 28.6. The number of hydrogen-bond donors (Lipinski definition) is 24. The number of carbonyl (C=O) groups excluding carboxylic acids is 11. The van der Waals surface area contributed by atoms with Gasteiger partial charge in [0.1, 0.15) is 72.9 Å². The number of rotatable bonds is 49. The maximum Gasteiger partial charge on any atom is 0.327 e. The second kappa shape index (κ2) is 48.0. The maximum atomic E-state index is 14.5. The molecule has 0 aromatic heterocycles. The Kier molecular flexibility index (Phi) is 40.8. The van der Waals surface area contributed by atoms with Crippen molar-refractivity contribution < 1.29 is 134 Å². The van der Waals surface area contributed by atoms with Crippen molar-refractivity contribution in [2.75, 3.05) is 66.8 Å². The summed E-state index contributed by atoms with van der Waals surface area (Å²) in [5, 5.41) is 152. The number of amides is 11. The summed E-state index contributed by atoms with van der Waals surface area (Å²) in [4.78, 5) is 190. The molecule has 0 unspecified atom stereocenters. The molecule has 1 fully saturated rings. The van der Waals surface area contributed by atoms with Gasteiger partial charge >= 0.3 is 23.9 Å². The molecule has 0 radical (unpaired) electrons. The topological polar surface area (TPSA) is 629 Å². The number of urea groups is 1. The lowest BCUT2D eigenvalue weighted by Gasteiger charge is -2.37. The predicted molar refractivity (Wildman–Crippen MR) is 401 cm³/mol. The quantitative estimate of drug-likeness (QED) is 0.0221. The zero-order chi connectivity index (χ0) is 83.5. The smallest absolute Gasteiger partial charge is 0.327 e. The molecular weight excluding hydrogens is 1500 g/mol. The molecule has 1 aliphatic heterocycles. The molecule has 1 saturated carbocycles. The maximum absolute atomic E-state index is 14.5. The summed E-state index contributed by atoms with van der Waals surface area (Å²) in [6.45, 7) is 1.83. The van der Waals surface area contributed by atoms with Crippen molar-refractivity contribution in [1.29, 1.82) is 0 Å². The predicted octanol–water partition coefficient (Wildman–Crippen LogP) is -4.12. The fourth-order valence-electron chi connectivity index (χ4n) is 12.0. The van der Waals surface area contributed by atoms with Gasteiger partial charge in [-0.05, 0) is 81.7 Å². The van der Waals surface area contributed by atoms with Gasteiger partial charge in [0, 0.05) is 86.7 Å². The number of para-hydroxylation sites is 2. The van der Waals surface area contributed by atoms with Crippen molar-refractivity contribution in [3.05, 3.63) is 54.1 Å². The Morgan fingerprint density at radius 1 is 0.518 bits per heavy atom.